The van der Waals surface area contributed by atoms with Crippen molar-refractivity contribution in [3.8, 4) is 5.75 Å². The van der Waals surface area contributed by atoms with Crippen LogP contribution in [0.4, 0.5) is 0 Å². The average Bonchev–Trinajstić information content (AvgIpc) is 3.07. The summed E-state index contributed by atoms with van der Waals surface area (Å²) in [4.78, 5) is 9.04. The summed E-state index contributed by atoms with van der Waals surface area (Å²) >= 11 is 0. The lowest BCUT2D eigenvalue weighted by atomic mass is 9.87. The highest BCUT2D eigenvalue weighted by Crippen LogP contribution is 2.35. The summed E-state index contributed by atoms with van der Waals surface area (Å²) < 4.78 is 5.78. The van der Waals surface area contributed by atoms with Gasteiger partial charge in [-0.2, -0.15) is 0 Å². The van der Waals surface area contributed by atoms with Gasteiger partial charge in [0.25, 0.3) is 0 Å². The molecule has 2 aromatic rings. The predicted molar refractivity (Wildman–Crippen MR) is 115 cm³/mol. The van der Waals surface area contributed by atoms with E-state index in [1.807, 2.05) is 36.4 Å². The Kier molecular flexibility index (Phi) is 7.31. The summed E-state index contributed by atoms with van der Waals surface area (Å²) in [6, 6.07) is 12.3. The first kappa shape index (κ1) is 21.2. The van der Waals surface area contributed by atoms with Crippen molar-refractivity contribution in [2.45, 2.75) is 69.7 Å². The summed E-state index contributed by atoms with van der Waals surface area (Å²) in [7, 11) is 0. The van der Waals surface area contributed by atoms with Crippen LogP contribution in [0.1, 0.15) is 50.0 Å². The summed E-state index contributed by atoms with van der Waals surface area (Å²) in [5, 5.41) is 24.3. The lowest BCUT2D eigenvalue weighted by Gasteiger charge is -2.31. The maximum Gasteiger partial charge on any atom is 0.166 e. The van der Waals surface area contributed by atoms with E-state index < -0.39 is 6.10 Å². The predicted octanol–water partition coefficient (Wildman–Crippen LogP) is 2.88. The molecule has 1 heterocycles. The topological polar surface area (TPSA) is 87.5 Å². The van der Waals surface area contributed by atoms with Crippen LogP contribution in [0.5, 0.6) is 5.75 Å². The van der Waals surface area contributed by atoms with Crippen molar-refractivity contribution in [2.75, 3.05) is 6.61 Å². The smallest absolute Gasteiger partial charge is 0.166 e. The van der Waals surface area contributed by atoms with Crippen molar-refractivity contribution >= 4 is 0 Å². The number of aliphatic hydroxyl groups excluding tert-OH is 2. The molecule has 2 aliphatic carbocycles. The molecule has 3 N–H and O–H groups in total. The number of aliphatic hydroxyl groups is 2. The van der Waals surface area contributed by atoms with E-state index in [0.29, 0.717) is 31.3 Å². The fraction of sp³-hybridized carbons (Fsp3) is 0.583. The molecule has 0 amide bonds. The first-order valence-electron chi connectivity index (χ1n) is 11.3. The first-order chi connectivity index (χ1) is 14.7. The number of ether oxygens (including phenoxy) is 1. The van der Waals surface area contributed by atoms with Gasteiger partial charge in [-0.3, -0.25) is 0 Å². The lowest BCUT2D eigenvalue weighted by molar-refractivity contribution is 0.0714. The van der Waals surface area contributed by atoms with E-state index in [1.165, 1.54) is 32.1 Å². The lowest BCUT2D eigenvalue weighted by Crippen LogP contribution is -2.43. The molecule has 2 saturated carbocycles. The van der Waals surface area contributed by atoms with Gasteiger partial charge < -0.3 is 20.3 Å². The van der Waals surface area contributed by atoms with Crippen LogP contribution >= 0.6 is 0 Å². The molecule has 0 spiro atoms. The van der Waals surface area contributed by atoms with Crippen molar-refractivity contribution in [1.29, 1.82) is 0 Å². The van der Waals surface area contributed by atoms with E-state index in [2.05, 4.69) is 10.3 Å². The number of rotatable bonds is 8. The largest absolute Gasteiger partial charge is 0.486 e. The quantitative estimate of drug-likeness (QED) is 0.619. The van der Waals surface area contributed by atoms with E-state index >= 15 is 0 Å². The fourth-order valence-corrected chi connectivity index (χ4v) is 5.04. The number of benzene rings is 1. The highest BCUT2D eigenvalue weighted by molar-refractivity contribution is 5.21. The Morgan fingerprint density at radius 1 is 1.03 bits per heavy atom. The molecule has 1 aromatic heterocycles. The second-order valence-corrected chi connectivity index (χ2v) is 8.69. The molecule has 0 radical (unpaired) electrons. The first-order valence-corrected chi connectivity index (χ1v) is 11.3. The van der Waals surface area contributed by atoms with Crippen molar-refractivity contribution < 1.29 is 14.9 Å². The van der Waals surface area contributed by atoms with Crippen molar-refractivity contribution in [3.05, 3.63) is 54.1 Å². The fourth-order valence-electron chi connectivity index (χ4n) is 5.04. The van der Waals surface area contributed by atoms with Gasteiger partial charge in [-0.15, -0.1) is 0 Å². The number of hydrogen-bond acceptors (Lipinski definition) is 6. The minimum atomic E-state index is -0.469. The summed E-state index contributed by atoms with van der Waals surface area (Å²) in [6.07, 6.45) is 9.00. The zero-order valence-corrected chi connectivity index (χ0v) is 17.5. The molecule has 4 rings (SSSR count). The number of para-hydroxylation sites is 1. The van der Waals surface area contributed by atoms with Gasteiger partial charge in [0, 0.05) is 36.5 Å². The molecule has 4 atom stereocenters. The molecule has 30 heavy (non-hydrogen) atoms. The summed E-state index contributed by atoms with van der Waals surface area (Å²) in [5.74, 6) is 1.48. The summed E-state index contributed by atoms with van der Waals surface area (Å²) in [5.41, 5.74) is 0.935. The van der Waals surface area contributed by atoms with Gasteiger partial charge in [0.1, 0.15) is 12.4 Å². The normalized spacial score (nSPS) is 27.3. The molecule has 0 saturated heterocycles. The highest BCUT2D eigenvalue weighted by atomic mass is 16.5. The third kappa shape index (κ3) is 5.36. The molecule has 6 nitrogen and oxygen atoms in total. The molecule has 0 aliphatic heterocycles. The van der Waals surface area contributed by atoms with Crippen LogP contribution in [0.15, 0.2) is 42.6 Å². The number of nitrogens with zero attached hydrogens (tertiary/aromatic N) is 2. The van der Waals surface area contributed by atoms with E-state index in [1.54, 1.807) is 6.20 Å². The molecule has 2 aliphatic rings. The Hall–Kier alpha value is -2.02. The van der Waals surface area contributed by atoms with Crippen molar-refractivity contribution in [1.82, 2.24) is 15.3 Å². The minimum absolute atomic E-state index is 0.00371. The van der Waals surface area contributed by atoms with Crippen LogP contribution in [0.25, 0.3) is 0 Å². The molecule has 0 unspecified atom stereocenters. The Bertz CT molecular complexity index is 782. The van der Waals surface area contributed by atoms with Crippen molar-refractivity contribution in [2.24, 2.45) is 11.8 Å². The van der Waals surface area contributed by atoms with Crippen LogP contribution in [0, 0.1) is 11.8 Å². The van der Waals surface area contributed by atoms with Crippen LogP contribution in [-0.4, -0.2) is 45.0 Å². The van der Waals surface area contributed by atoms with Crippen LogP contribution in [0.3, 0.4) is 0 Å². The van der Waals surface area contributed by atoms with Gasteiger partial charge in [-0.1, -0.05) is 37.5 Å². The number of aromatic nitrogens is 2. The molecule has 162 valence electrons. The third-order valence-corrected chi connectivity index (χ3v) is 6.64. The Balaban J connectivity index is 1.42. The van der Waals surface area contributed by atoms with Gasteiger partial charge in [0.05, 0.1) is 6.10 Å². The molecule has 2 fully saturated rings. The van der Waals surface area contributed by atoms with Crippen LogP contribution < -0.4 is 10.1 Å². The van der Waals surface area contributed by atoms with Crippen molar-refractivity contribution in [3.63, 3.8) is 0 Å². The van der Waals surface area contributed by atoms with Gasteiger partial charge in [-0.05, 0) is 49.8 Å². The van der Waals surface area contributed by atoms with Gasteiger partial charge in [0.2, 0.25) is 0 Å². The molecule has 1 aromatic carbocycles. The zero-order chi connectivity index (χ0) is 20.8. The maximum absolute atomic E-state index is 10.5. The minimum Gasteiger partial charge on any atom is -0.486 e. The van der Waals surface area contributed by atoms with E-state index in [0.717, 1.165) is 11.4 Å². The maximum atomic E-state index is 10.5. The molecule has 6 heteroatoms. The second-order valence-electron chi connectivity index (χ2n) is 8.69. The third-order valence-electron chi connectivity index (χ3n) is 6.64. The summed E-state index contributed by atoms with van der Waals surface area (Å²) in [6.45, 7) is 0.321. The molecule has 0 bridgehead atoms. The second kappa shape index (κ2) is 10.3. The van der Waals surface area contributed by atoms with Crippen LogP contribution in [0.2, 0.25) is 0 Å². The molecular weight excluding hydrogens is 378 g/mol. The van der Waals surface area contributed by atoms with Gasteiger partial charge >= 0.3 is 0 Å². The van der Waals surface area contributed by atoms with Gasteiger partial charge in [0.15, 0.2) is 5.82 Å². The highest BCUT2D eigenvalue weighted by Gasteiger charge is 2.42. The van der Waals surface area contributed by atoms with E-state index in [-0.39, 0.29) is 24.5 Å². The SMILES string of the molecule is OC[C@@H]1[C@@H](Cc2ccnc(COc3ccccc3)n2)[C@H](NC2CCCCC2)C[C@H]1O. The average molecular weight is 412 g/mol. The number of hydrogen-bond donors (Lipinski definition) is 3. The number of nitrogens with one attached hydrogen (secondary N) is 1. The van der Waals surface area contributed by atoms with Gasteiger partial charge in [-0.25, -0.2) is 9.97 Å². The zero-order valence-electron chi connectivity index (χ0n) is 17.5. The Labute approximate surface area is 178 Å². The Morgan fingerprint density at radius 2 is 1.83 bits per heavy atom. The van der Waals surface area contributed by atoms with Crippen LogP contribution in [-0.2, 0) is 13.0 Å². The van der Waals surface area contributed by atoms with E-state index in [4.69, 9.17) is 9.72 Å². The standard InChI is InChI=1S/C24H33N3O3/c28-15-21-20(22(14-23(21)29)26-17-7-3-1-4-8-17)13-18-11-12-25-24(27-18)16-30-19-9-5-2-6-10-19/h2,5-6,9-12,17,20-23,26,28-29H,1,3-4,7-8,13-16H2/t20-,21-,22-,23-/m1/s1. The van der Waals surface area contributed by atoms with E-state index in [9.17, 15) is 10.2 Å². The monoisotopic (exact) mass is 411 g/mol. The molecular formula is C24H33N3O3. The Morgan fingerprint density at radius 3 is 2.60 bits per heavy atom.